The first-order chi connectivity index (χ1) is 14.5. The molecule has 12 nitrogen and oxygen atoms in total. The van der Waals surface area contributed by atoms with Gasteiger partial charge in [0.05, 0.1) is 16.3 Å². The molecule has 0 aliphatic carbocycles. The van der Waals surface area contributed by atoms with Gasteiger partial charge in [-0.15, -0.1) is 0 Å². The van der Waals surface area contributed by atoms with Crippen molar-refractivity contribution in [1.29, 1.82) is 0 Å². The molecule has 3 rings (SSSR count). The number of anilines is 2. The van der Waals surface area contributed by atoms with E-state index in [2.05, 4.69) is 20.8 Å². The zero-order chi connectivity index (χ0) is 21.5. The lowest BCUT2D eigenvalue weighted by atomic mass is 10.1. The summed E-state index contributed by atoms with van der Waals surface area (Å²) in [5, 5.41) is 22.4. The number of carbonyl (C=O) groups is 1. The summed E-state index contributed by atoms with van der Waals surface area (Å²) in [5.74, 6) is -0.358. The predicted octanol–water partition coefficient (Wildman–Crippen LogP) is 2.36. The van der Waals surface area contributed by atoms with E-state index in [1.165, 1.54) is 30.6 Å². The average Bonchev–Trinajstić information content (AvgIpc) is 3.01. The van der Waals surface area contributed by atoms with Crippen LogP contribution in [0, 0.1) is 20.2 Å². The highest BCUT2D eigenvalue weighted by Crippen LogP contribution is 2.32. The molecule has 2 aromatic rings. The van der Waals surface area contributed by atoms with E-state index in [9.17, 15) is 25.0 Å². The maximum atomic E-state index is 12.2. The number of nitrogens with zero attached hydrogens (tertiary/aromatic N) is 5. The van der Waals surface area contributed by atoms with Gasteiger partial charge in [-0.05, 0) is 18.4 Å². The summed E-state index contributed by atoms with van der Waals surface area (Å²) in [6.07, 6.45) is 5.14. The molecule has 1 aliphatic rings. The number of nitro groups is 2. The van der Waals surface area contributed by atoms with Crippen LogP contribution in [0.5, 0.6) is 0 Å². The third-order valence-corrected chi connectivity index (χ3v) is 4.72. The summed E-state index contributed by atoms with van der Waals surface area (Å²) in [6.45, 7) is 1.34. The third-order valence-electron chi connectivity index (χ3n) is 4.72. The van der Waals surface area contributed by atoms with Crippen LogP contribution in [0.4, 0.5) is 23.0 Å². The Morgan fingerprint density at radius 1 is 1.00 bits per heavy atom. The summed E-state index contributed by atoms with van der Waals surface area (Å²) in [7, 11) is 0. The number of nitro benzene ring substituents is 1. The van der Waals surface area contributed by atoms with Gasteiger partial charge in [-0.1, -0.05) is 25.0 Å². The van der Waals surface area contributed by atoms with Crippen LogP contribution in [0.15, 0.2) is 30.6 Å². The van der Waals surface area contributed by atoms with Crippen molar-refractivity contribution >= 4 is 28.9 Å². The summed E-state index contributed by atoms with van der Waals surface area (Å²) in [5.41, 5.74) is 5.09. The Morgan fingerprint density at radius 2 is 1.67 bits per heavy atom. The first-order valence-corrected chi connectivity index (χ1v) is 9.48. The SMILES string of the molecule is O=C(Cc1ccc([N+](=O)[O-])cc1)NNc1ncnc(N2CCCCCC2)c1[N+](=O)[O-]. The van der Waals surface area contributed by atoms with E-state index in [0.717, 1.165) is 25.7 Å². The highest BCUT2D eigenvalue weighted by atomic mass is 16.6. The number of non-ortho nitro benzene ring substituents is 1. The van der Waals surface area contributed by atoms with E-state index < -0.39 is 15.8 Å². The summed E-state index contributed by atoms with van der Waals surface area (Å²) >= 11 is 0. The summed E-state index contributed by atoms with van der Waals surface area (Å²) < 4.78 is 0. The van der Waals surface area contributed by atoms with Gasteiger partial charge < -0.3 is 4.90 Å². The van der Waals surface area contributed by atoms with Gasteiger partial charge in [0.1, 0.15) is 6.33 Å². The molecule has 1 fully saturated rings. The van der Waals surface area contributed by atoms with E-state index in [4.69, 9.17) is 0 Å². The van der Waals surface area contributed by atoms with Crippen LogP contribution >= 0.6 is 0 Å². The Hall–Kier alpha value is -3.83. The van der Waals surface area contributed by atoms with Crippen molar-refractivity contribution in [2.75, 3.05) is 23.4 Å². The maximum absolute atomic E-state index is 12.2. The highest BCUT2D eigenvalue weighted by Gasteiger charge is 2.27. The van der Waals surface area contributed by atoms with Crippen LogP contribution in [0.25, 0.3) is 0 Å². The molecule has 1 amide bonds. The molecular formula is C18H21N7O5. The number of amides is 1. The average molecular weight is 415 g/mol. The topological polar surface area (TPSA) is 156 Å². The van der Waals surface area contributed by atoms with Crippen LogP contribution < -0.4 is 15.8 Å². The minimum absolute atomic E-state index is 0.0666. The van der Waals surface area contributed by atoms with Crippen molar-refractivity contribution in [2.45, 2.75) is 32.1 Å². The molecule has 0 atom stereocenters. The molecule has 0 radical (unpaired) electrons. The number of nitrogens with one attached hydrogen (secondary N) is 2. The lowest BCUT2D eigenvalue weighted by molar-refractivity contribution is -0.384. The number of hydrogen-bond acceptors (Lipinski definition) is 9. The zero-order valence-electron chi connectivity index (χ0n) is 16.1. The van der Waals surface area contributed by atoms with Crippen molar-refractivity contribution in [3.05, 3.63) is 56.4 Å². The molecule has 0 saturated carbocycles. The Balaban J connectivity index is 1.69. The number of carbonyl (C=O) groups excluding carboxylic acids is 1. The predicted molar refractivity (Wildman–Crippen MR) is 108 cm³/mol. The van der Waals surface area contributed by atoms with Gasteiger partial charge in [0.25, 0.3) is 5.69 Å². The van der Waals surface area contributed by atoms with Crippen LogP contribution in [0.1, 0.15) is 31.2 Å². The molecular weight excluding hydrogens is 394 g/mol. The van der Waals surface area contributed by atoms with Crippen LogP contribution in [0.3, 0.4) is 0 Å². The first-order valence-electron chi connectivity index (χ1n) is 9.48. The molecule has 2 heterocycles. The molecule has 1 aromatic heterocycles. The monoisotopic (exact) mass is 415 g/mol. The number of aromatic nitrogens is 2. The molecule has 2 N–H and O–H groups in total. The molecule has 0 bridgehead atoms. The second-order valence-electron chi connectivity index (χ2n) is 6.83. The van der Waals surface area contributed by atoms with Gasteiger partial charge in [0.15, 0.2) is 0 Å². The van der Waals surface area contributed by atoms with Crippen molar-refractivity contribution in [2.24, 2.45) is 0 Å². The molecule has 0 unspecified atom stereocenters. The lowest BCUT2D eigenvalue weighted by Gasteiger charge is -2.21. The fourth-order valence-electron chi connectivity index (χ4n) is 3.24. The van der Waals surface area contributed by atoms with Crippen LogP contribution in [-0.4, -0.2) is 38.8 Å². The van der Waals surface area contributed by atoms with E-state index in [-0.39, 0.29) is 29.4 Å². The Labute approximate surface area is 171 Å². The van der Waals surface area contributed by atoms with Crippen molar-refractivity contribution in [3.63, 3.8) is 0 Å². The van der Waals surface area contributed by atoms with Crippen LogP contribution in [-0.2, 0) is 11.2 Å². The molecule has 1 aromatic carbocycles. The third kappa shape index (κ3) is 5.16. The van der Waals surface area contributed by atoms with Gasteiger partial charge >= 0.3 is 5.69 Å². The quantitative estimate of drug-likeness (QED) is 0.511. The van der Waals surface area contributed by atoms with Gasteiger partial charge in [-0.25, -0.2) is 9.97 Å². The zero-order valence-corrected chi connectivity index (χ0v) is 16.1. The Kier molecular flexibility index (Phi) is 6.67. The Bertz CT molecular complexity index is 927. The molecule has 158 valence electrons. The summed E-state index contributed by atoms with van der Waals surface area (Å²) in [6, 6.07) is 5.56. The fourth-order valence-corrected chi connectivity index (χ4v) is 3.24. The molecule has 1 saturated heterocycles. The van der Waals surface area contributed by atoms with Crippen LogP contribution in [0.2, 0.25) is 0 Å². The normalized spacial score (nSPS) is 13.9. The minimum Gasteiger partial charge on any atom is -0.351 e. The van der Waals surface area contributed by atoms with Crippen molar-refractivity contribution < 1.29 is 14.6 Å². The van der Waals surface area contributed by atoms with Gasteiger partial charge in [0, 0.05) is 25.2 Å². The second-order valence-corrected chi connectivity index (χ2v) is 6.83. The second kappa shape index (κ2) is 9.58. The number of hydrogen-bond donors (Lipinski definition) is 2. The first kappa shape index (κ1) is 20.9. The van der Waals surface area contributed by atoms with E-state index in [1.54, 1.807) is 0 Å². The van der Waals surface area contributed by atoms with Gasteiger partial charge in [-0.3, -0.25) is 35.9 Å². The number of benzene rings is 1. The maximum Gasteiger partial charge on any atom is 0.355 e. The highest BCUT2D eigenvalue weighted by molar-refractivity contribution is 5.81. The standard InChI is InChI=1S/C18H21N7O5/c26-15(11-13-5-7-14(8-6-13)24(27)28)21-22-17-16(25(29)30)18(20-12-19-17)23-9-3-1-2-4-10-23/h5-8,12H,1-4,9-11H2,(H,21,26)(H,19,20,22). The smallest absolute Gasteiger partial charge is 0.351 e. The molecule has 0 spiro atoms. The molecule has 30 heavy (non-hydrogen) atoms. The van der Waals surface area contributed by atoms with Crippen molar-refractivity contribution in [3.8, 4) is 0 Å². The number of hydrazine groups is 1. The number of rotatable bonds is 7. The van der Waals surface area contributed by atoms with Crippen molar-refractivity contribution in [1.82, 2.24) is 15.4 Å². The molecule has 12 heteroatoms. The fraction of sp³-hybridized carbons (Fsp3) is 0.389. The van der Waals surface area contributed by atoms with Gasteiger partial charge in [0.2, 0.25) is 17.5 Å². The molecule has 1 aliphatic heterocycles. The Morgan fingerprint density at radius 3 is 2.27 bits per heavy atom. The summed E-state index contributed by atoms with van der Waals surface area (Å²) in [4.78, 5) is 43.4. The van der Waals surface area contributed by atoms with E-state index >= 15 is 0 Å². The van der Waals surface area contributed by atoms with E-state index in [0.29, 0.717) is 18.7 Å². The lowest BCUT2D eigenvalue weighted by Crippen LogP contribution is -2.32. The van der Waals surface area contributed by atoms with E-state index in [1.807, 2.05) is 4.90 Å². The van der Waals surface area contributed by atoms with Gasteiger partial charge in [-0.2, -0.15) is 0 Å². The minimum atomic E-state index is -0.564. The largest absolute Gasteiger partial charge is 0.355 e.